The van der Waals surface area contributed by atoms with Crippen molar-refractivity contribution in [1.29, 1.82) is 0 Å². The predicted octanol–water partition coefficient (Wildman–Crippen LogP) is 4.24. The Labute approximate surface area is 117 Å². The van der Waals surface area contributed by atoms with E-state index in [4.69, 9.17) is 4.42 Å². The van der Waals surface area contributed by atoms with Crippen molar-refractivity contribution in [2.45, 2.75) is 38.9 Å². The lowest BCUT2D eigenvalue weighted by atomic mass is 10.1. The zero-order valence-electron chi connectivity index (χ0n) is 10.6. The van der Waals surface area contributed by atoms with Crippen molar-refractivity contribution in [1.82, 2.24) is 4.90 Å². The van der Waals surface area contributed by atoms with Crippen molar-refractivity contribution in [2.24, 2.45) is 0 Å². The summed E-state index contributed by atoms with van der Waals surface area (Å²) < 4.78 is 42.9. The normalized spacial score (nSPS) is 11.9. The van der Waals surface area contributed by atoms with Gasteiger partial charge in [0.2, 0.25) is 0 Å². The summed E-state index contributed by atoms with van der Waals surface area (Å²) in [5.74, 6) is -0.674. The van der Waals surface area contributed by atoms with Crippen LogP contribution in [0, 0.1) is 0 Å². The smallest absolute Gasteiger partial charge is 0.406 e. The highest BCUT2D eigenvalue weighted by Crippen LogP contribution is 2.25. The van der Waals surface area contributed by atoms with E-state index in [2.05, 4.69) is 15.9 Å². The van der Waals surface area contributed by atoms with Crippen LogP contribution in [0.3, 0.4) is 0 Å². The Hall–Kier alpha value is -0.980. The summed E-state index contributed by atoms with van der Waals surface area (Å²) in [7, 11) is 0. The molecule has 0 radical (unpaired) electrons. The van der Waals surface area contributed by atoms with Gasteiger partial charge in [-0.1, -0.05) is 13.8 Å². The third kappa shape index (κ3) is 4.26. The molecular formula is C12H15BrF3NO2. The lowest BCUT2D eigenvalue weighted by Crippen LogP contribution is -2.45. The van der Waals surface area contributed by atoms with E-state index in [-0.39, 0.29) is 10.2 Å². The molecule has 0 aromatic carbocycles. The standard InChI is InChI=1S/C12H15BrF3NO2/c1-3-8(4-2)17(7-12(14,15)16)11(18)9-5-6-19-10(9)13/h5-6,8H,3-4,7H2,1-2H3. The first-order valence-corrected chi connectivity index (χ1v) is 6.70. The van der Waals surface area contributed by atoms with Crippen LogP contribution in [0.15, 0.2) is 21.4 Å². The van der Waals surface area contributed by atoms with Crippen molar-refractivity contribution in [3.8, 4) is 0 Å². The Morgan fingerprint density at radius 2 is 2.00 bits per heavy atom. The van der Waals surface area contributed by atoms with Crippen LogP contribution in [0.4, 0.5) is 13.2 Å². The van der Waals surface area contributed by atoms with Crippen LogP contribution >= 0.6 is 15.9 Å². The first-order valence-electron chi connectivity index (χ1n) is 5.90. The van der Waals surface area contributed by atoms with Crippen LogP contribution < -0.4 is 0 Å². The molecule has 0 aliphatic heterocycles. The van der Waals surface area contributed by atoms with Gasteiger partial charge in [-0.15, -0.1) is 0 Å². The molecule has 0 atom stereocenters. The third-order valence-corrected chi connectivity index (χ3v) is 3.46. The minimum Gasteiger partial charge on any atom is -0.457 e. The molecule has 0 aliphatic carbocycles. The molecule has 0 N–H and O–H groups in total. The van der Waals surface area contributed by atoms with Crippen LogP contribution in [-0.4, -0.2) is 29.6 Å². The summed E-state index contributed by atoms with van der Waals surface area (Å²) in [5.41, 5.74) is 0.108. The number of nitrogens with zero attached hydrogens (tertiary/aromatic N) is 1. The average molecular weight is 342 g/mol. The summed E-state index contributed by atoms with van der Waals surface area (Å²) in [5, 5.41) is 0. The minimum absolute atomic E-state index is 0.108. The van der Waals surface area contributed by atoms with Crippen molar-refractivity contribution in [3.63, 3.8) is 0 Å². The van der Waals surface area contributed by atoms with Gasteiger partial charge < -0.3 is 9.32 Å². The van der Waals surface area contributed by atoms with E-state index in [1.807, 2.05) is 0 Å². The van der Waals surface area contributed by atoms with E-state index in [0.29, 0.717) is 12.8 Å². The molecule has 108 valence electrons. The van der Waals surface area contributed by atoms with Gasteiger partial charge in [-0.2, -0.15) is 13.2 Å². The molecular weight excluding hydrogens is 327 g/mol. The van der Waals surface area contributed by atoms with E-state index < -0.39 is 24.7 Å². The fraction of sp³-hybridized carbons (Fsp3) is 0.583. The maximum Gasteiger partial charge on any atom is 0.406 e. The molecule has 0 saturated heterocycles. The highest BCUT2D eigenvalue weighted by Gasteiger charge is 2.36. The van der Waals surface area contributed by atoms with Crippen LogP contribution in [-0.2, 0) is 0 Å². The number of amides is 1. The van der Waals surface area contributed by atoms with Crippen LogP contribution in [0.5, 0.6) is 0 Å². The monoisotopic (exact) mass is 341 g/mol. The van der Waals surface area contributed by atoms with Gasteiger partial charge in [0.15, 0.2) is 4.67 Å². The number of furan rings is 1. The predicted molar refractivity (Wildman–Crippen MR) is 67.9 cm³/mol. The molecule has 1 aromatic rings. The van der Waals surface area contributed by atoms with Crippen molar-refractivity contribution in [3.05, 3.63) is 22.6 Å². The second-order valence-electron chi connectivity index (χ2n) is 4.13. The minimum atomic E-state index is -4.42. The fourth-order valence-corrected chi connectivity index (χ4v) is 2.30. The molecule has 1 heterocycles. The van der Waals surface area contributed by atoms with Crippen molar-refractivity contribution in [2.75, 3.05) is 6.54 Å². The zero-order chi connectivity index (χ0) is 14.6. The number of alkyl halides is 3. The zero-order valence-corrected chi connectivity index (χ0v) is 12.2. The van der Waals surface area contributed by atoms with Crippen LogP contribution in [0.2, 0.25) is 0 Å². The van der Waals surface area contributed by atoms with Crippen LogP contribution in [0.1, 0.15) is 37.0 Å². The number of hydrogen-bond acceptors (Lipinski definition) is 2. The quantitative estimate of drug-likeness (QED) is 0.802. The van der Waals surface area contributed by atoms with E-state index >= 15 is 0 Å². The van der Waals surface area contributed by atoms with E-state index in [9.17, 15) is 18.0 Å². The lowest BCUT2D eigenvalue weighted by Gasteiger charge is -2.31. The largest absolute Gasteiger partial charge is 0.457 e. The second-order valence-corrected chi connectivity index (χ2v) is 4.85. The van der Waals surface area contributed by atoms with Crippen LogP contribution in [0.25, 0.3) is 0 Å². The Bertz CT molecular complexity index is 427. The summed E-state index contributed by atoms with van der Waals surface area (Å²) in [6, 6.07) is 0.911. The molecule has 0 spiro atoms. The Balaban J connectivity index is 3.02. The molecule has 0 bridgehead atoms. The summed E-state index contributed by atoms with van der Waals surface area (Å²) in [6.07, 6.45) is -2.23. The summed E-state index contributed by atoms with van der Waals surface area (Å²) >= 11 is 3.01. The van der Waals surface area contributed by atoms with Gasteiger partial charge in [0.25, 0.3) is 5.91 Å². The molecule has 1 aromatic heterocycles. The molecule has 1 amide bonds. The Morgan fingerprint density at radius 1 is 1.42 bits per heavy atom. The fourth-order valence-electron chi connectivity index (χ4n) is 1.89. The van der Waals surface area contributed by atoms with Gasteiger partial charge in [0.1, 0.15) is 6.54 Å². The lowest BCUT2D eigenvalue weighted by molar-refractivity contribution is -0.144. The molecule has 0 aliphatic rings. The van der Waals surface area contributed by atoms with Gasteiger partial charge in [0.05, 0.1) is 11.8 Å². The second kappa shape index (κ2) is 6.45. The maximum absolute atomic E-state index is 12.6. The number of carbonyl (C=O) groups excluding carboxylic acids is 1. The molecule has 0 unspecified atom stereocenters. The molecule has 0 fully saturated rings. The molecule has 3 nitrogen and oxygen atoms in total. The van der Waals surface area contributed by atoms with Gasteiger partial charge >= 0.3 is 6.18 Å². The number of hydrogen-bond donors (Lipinski definition) is 0. The number of carbonyl (C=O) groups is 1. The third-order valence-electron chi connectivity index (χ3n) is 2.84. The highest BCUT2D eigenvalue weighted by atomic mass is 79.9. The number of halogens is 4. The molecule has 0 saturated carbocycles. The topological polar surface area (TPSA) is 33.5 Å². The van der Waals surface area contributed by atoms with Gasteiger partial charge in [-0.25, -0.2) is 0 Å². The molecule has 1 rings (SSSR count). The van der Waals surface area contributed by atoms with Crippen molar-refractivity contribution >= 4 is 21.8 Å². The van der Waals surface area contributed by atoms with Gasteiger partial charge in [-0.05, 0) is 34.8 Å². The van der Waals surface area contributed by atoms with Gasteiger partial charge in [0, 0.05) is 6.04 Å². The van der Waals surface area contributed by atoms with Crippen molar-refractivity contribution < 1.29 is 22.4 Å². The first-order chi connectivity index (χ1) is 8.80. The summed E-state index contributed by atoms with van der Waals surface area (Å²) in [4.78, 5) is 13.1. The molecule has 19 heavy (non-hydrogen) atoms. The number of rotatable bonds is 5. The maximum atomic E-state index is 12.6. The first kappa shape index (κ1) is 16.1. The van der Waals surface area contributed by atoms with E-state index in [1.165, 1.54) is 12.3 Å². The van der Waals surface area contributed by atoms with Gasteiger partial charge in [-0.3, -0.25) is 4.79 Å². The highest BCUT2D eigenvalue weighted by molar-refractivity contribution is 9.10. The Kier molecular flexibility index (Phi) is 5.46. The Morgan fingerprint density at radius 3 is 2.37 bits per heavy atom. The SMILES string of the molecule is CCC(CC)N(CC(F)(F)F)C(=O)c1ccoc1Br. The van der Waals surface area contributed by atoms with E-state index in [1.54, 1.807) is 13.8 Å². The van der Waals surface area contributed by atoms with E-state index in [0.717, 1.165) is 4.90 Å². The molecule has 7 heteroatoms. The summed E-state index contributed by atoms with van der Waals surface area (Å²) in [6.45, 7) is 2.26. The average Bonchev–Trinajstić information content (AvgIpc) is 2.73.